The highest BCUT2D eigenvalue weighted by Crippen LogP contribution is 2.34. The average molecular weight is 554 g/mol. The summed E-state index contributed by atoms with van der Waals surface area (Å²) in [7, 11) is -7.88. The van der Waals surface area contributed by atoms with Crippen LogP contribution in [0.3, 0.4) is 0 Å². The van der Waals surface area contributed by atoms with Gasteiger partial charge in [-0.1, -0.05) is 66.2 Å². The summed E-state index contributed by atoms with van der Waals surface area (Å²) in [6.45, 7) is 2.03. The number of benzene rings is 3. The van der Waals surface area contributed by atoms with Crippen molar-refractivity contribution < 1.29 is 21.2 Å². The highest BCUT2D eigenvalue weighted by atomic mass is 32.2. The Morgan fingerprint density at radius 3 is 2.24 bits per heavy atom. The van der Waals surface area contributed by atoms with Gasteiger partial charge in [-0.25, -0.2) is 26.2 Å². The number of rotatable bonds is 10. The molecule has 1 aliphatic rings. The molecule has 1 aromatic heterocycles. The van der Waals surface area contributed by atoms with Gasteiger partial charge in [0.2, 0.25) is 25.0 Å². The Labute approximate surface area is 222 Å². The fourth-order valence-corrected chi connectivity index (χ4v) is 7.52. The lowest BCUT2D eigenvalue weighted by molar-refractivity contribution is 0.386. The molecule has 0 amide bonds. The SMILES string of the molecule is Cc1ccc(S(=O)(=O)N(Cc2cnc(S(=O)(=O)Cc3ccccc3F)n2Cc2ccccc2)C2CC2)cc1. The number of imidazole rings is 1. The summed E-state index contributed by atoms with van der Waals surface area (Å²) < 4.78 is 71.5. The first-order valence-corrected chi connectivity index (χ1v) is 15.4. The summed E-state index contributed by atoms with van der Waals surface area (Å²) in [5.74, 6) is -1.17. The van der Waals surface area contributed by atoms with Crippen molar-refractivity contribution in [1.82, 2.24) is 13.9 Å². The van der Waals surface area contributed by atoms with Crippen molar-refractivity contribution in [3.63, 3.8) is 0 Å². The van der Waals surface area contributed by atoms with E-state index in [2.05, 4.69) is 4.98 Å². The normalized spacial score (nSPS) is 14.2. The van der Waals surface area contributed by atoms with Crippen LogP contribution >= 0.6 is 0 Å². The van der Waals surface area contributed by atoms with Crippen molar-refractivity contribution in [2.75, 3.05) is 0 Å². The smallest absolute Gasteiger partial charge is 0.243 e. The third-order valence-corrected chi connectivity index (χ3v) is 10.1. The molecular formula is C28H28FN3O4S2. The molecule has 1 fully saturated rings. The lowest BCUT2D eigenvalue weighted by atomic mass is 10.2. The number of aromatic nitrogens is 2. The molecule has 0 spiro atoms. The minimum Gasteiger partial charge on any atom is -0.313 e. The second kappa shape index (κ2) is 10.4. The quantitative estimate of drug-likeness (QED) is 0.284. The summed E-state index contributed by atoms with van der Waals surface area (Å²) in [6.07, 6.45) is 2.88. The molecule has 4 aromatic rings. The van der Waals surface area contributed by atoms with Gasteiger partial charge >= 0.3 is 0 Å². The van der Waals surface area contributed by atoms with E-state index in [1.165, 1.54) is 33.3 Å². The molecule has 1 aliphatic carbocycles. The fourth-order valence-electron chi connectivity index (χ4n) is 4.36. The summed E-state index contributed by atoms with van der Waals surface area (Å²) >= 11 is 0. The number of halogens is 1. The molecule has 7 nitrogen and oxygen atoms in total. The molecule has 1 saturated carbocycles. The summed E-state index contributed by atoms with van der Waals surface area (Å²) in [5.41, 5.74) is 2.27. The van der Waals surface area contributed by atoms with Crippen LogP contribution < -0.4 is 0 Å². The molecule has 0 aliphatic heterocycles. The van der Waals surface area contributed by atoms with Crippen molar-refractivity contribution in [3.8, 4) is 0 Å². The van der Waals surface area contributed by atoms with Crippen molar-refractivity contribution >= 4 is 19.9 Å². The van der Waals surface area contributed by atoms with Gasteiger partial charge in [0, 0.05) is 11.6 Å². The number of sulfonamides is 1. The van der Waals surface area contributed by atoms with Crippen LogP contribution in [0.25, 0.3) is 0 Å². The second-order valence-electron chi connectivity index (χ2n) is 9.55. The number of hydrogen-bond acceptors (Lipinski definition) is 5. The highest BCUT2D eigenvalue weighted by Gasteiger charge is 2.39. The molecule has 0 bridgehead atoms. The van der Waals surface area contributed by atoms with Gasteiger partial charge in [-0.05, 0) is 43.5 Å². The molecule has 38 heavy (non-hydrogen) atoms. The number of sulfone groups is 1. The molecule has 198 valence electrons. The van der Waals surface area contributed by atoms with Gasteiger partial charge in [0.25, 0.3) is 0 Å². The minimum absolute atomic E-state index is 0.0318. The largest absolute Gasteiger partial charge is 0.313 e. The van der Waals surface area contributed by atoms with Gasteiger partial charge in [-0.2, -0.15) is 4.31 Å². The van der Waals surface area contributed by atoms with Crippen molar-refractivity contribution in [2.24, 2.45) is 0 Å². The Morgan fingerprint density at radius 2 is 1.58 bits per heavy atom. The zero-order valence-corrected chi connectivity index (χ0v) is 22.5. The first kappa shape index (κ1) is 26.3. The van der Waals surface area contributed by atoms with Gasteiger partial charge in [-0.3, -0.25) is 0 Å². The Morgan fingerprint density at radius 1 is 0.921 bits per heavy atom. The number of hydrogen-bond donors (Lipinski definition) is 0. The van der Waals surface area contributed by atoms with Crippen LogP contribution in [-0.4, -0.2) is 36.7 Å². The lowest BCUT2D eigenvalue weighted by Gasteiger charge is -2.23. The van der Waals surface area contributed by atoms with E-state index in [1.54, 1.807) is 30.3 Å². The zero-order chi connectivity index (χ0) is 26.9. The van der Waals surface area contributed by atoms with E-state index < -0.39 is 31.4 Å². The van der Waals surface area contributed by atoms with Crippen LogP contribution in [0.15, 0.2) is 95.1 Å². The molecular weight excluding hydrogens is 525 g/mol. The molecule has 0 atom stereocenters. The van der Waals surface area contributed by atoms with Gasteiger partial charge < -0.3 is 4.57 Å². The van der Waals surface area contributed by atoms with Crippen LogP contribution in [0.4, 0.5) is 4.39 Å². The number of nitrogens with zero attached hydrogens (tertiary/aromatic N) is 3. The van der Waals surface area contributed by atoms with Crippen molar-refractivity contribution in [2.45, 2.75) is 54.7 Å². The predicted octanol–water partition coefficient (Wildman–Crippen LogP) is 4.71. The third-order valence-electron chi connectivity index (χ3n) is 6.57. The van der Waals surface area contributed by atoms with Crippen LogP contribution in [-0.2, 0) is 38.7 Å². The van der Waals surface area contributed by atoms with E-state index in [9.17, 15) is 21.2 Å². The molecule has 0 N–H and O–H groups in total. The fraction of sp³-hybridized carbons (Fsp3) is 0.250. The van der Waals surface area contributed by atoms with Gasteiger partial charge in [0.1, 0.15) is 5.82 Å². The molecule has 0 unspecified atom stereocenters. The van der Waals surface area contributed by atoms with E-state index in [0.717, 1.165) is 24.0 Å². The average Bonchev–Trinajstić information content (AvgIpc) is 3.65. The standard InChI is InChI=1S/C28H28FN3O4S2/c1-21-11-15-26(16-12-21)38(35,36)32(24-13-14-24)19-25-17-30-28(31(25)18-22-7-3-2-4-8-22)37(33,34)20-23-9-5-6-10-27(23)29/h2-12,15-17,24H,13-14,18-20H2,1H3. The first-order valence-electron chi connectivity index (χ1n) is 12.3. The molecule has 10 heteroatoms. The number of aryl methyl sites for hydroxylation is 1. The Hall–Kier alpha value is -3.34. The van der Waals surface area contributed by atoms with Crippen LogP contribution in [0.2, 0.25) is 0 Å². The molecule has 0 radical (unpaired) electrons. The maximum Gasteiger partial charge on any atom is 0.243 e. The first-order chi connectivity index (χ1) is 18.1. The minimum atomic E-state index is -4.05. The maximum atomic E-state index is 14.3. The monoisotopic (exact) mass is 553 g/mol. The van der Waals surface area contributed by atoms with E-state index >= 15 is 0 Å². The zero-order valence-electron chi connectivity index (χ0n) is 20.9. The molecule has 1 heterocycles. The summed E-state index contributed by atoms with van der Waals surface area (Å²) in [5, 5.41) is -0.219. The van der Waals surface area contributed by atoms with Gasteiger partial charge in [0.05, 0.1) is 35.6 Å². The maximum absolute atomic E-state index is 14.3. The summed E-state index contributed by atoms with van der Waals surface area (Å²) in [4.78, 5) is 4.43. The van der Waals surface area contributed by atoms with E-state index in [4.69, 9.17) is 0 Å². The summed E-state index contributed by atoms with van der Waals surface area (Å²) in [6, 6.07) is 21.5. The van der Waals surface area contributed by atoms with E-state index in [0.29, 0.717) is 5.69 Å². The molecule has 0 saturated heterocycles. The second-order valence-corrected chi connectivity index (χ2v) is 13.3. The van der Waals surface area contributed by atoms with Gasteiger partial charge in [0.15, 0.2) is 0 Å². The van der Waals surface area contributed by atoms with Crippen LogP contribution in [0, 0.1) is 12.7 Å². The Kier molecular flexibility index (Phi) is 7.21. The van der Waals surface area contributed by atoms with Crippen molar-refractivity contribution in [1.29, 1.82) is 0 Å². The molecule has 5 rings (SSSR count). The topological polar surface area (TPSA) is 89.3 Å². The predicted molar refractivity (Wildman–Crippen MR) is 142 cm³/mol. The van der Waals surface area contributed by atoms with Crippen molar-refractivity contribution in [3.05, 3.63) is 113 Å². The lowest BCUT2D eigenvalue weighted by Crippen LogP contribution is -2.33. The van der Waals surface area contributed by atoms with E-state index in [-0.39, 0.29) is 34.7 Å². The van der Waals surface area contributed by atoms with Crippen LogP contribution in [0.5, 0.6) is 0 Å². The Balaban J connectivity index is 1.54. The van der Waals surface area contributed by atoms with Gasteiger partial charge in [-0.15, -0.1) is 0 Å². The highest BCUT2D eigenvalue weighted by molar-refractivity contribution is 7.90. The van der Waals surface area contributed by atoms with Crippen LogP contribution in [0.1, 0.15) is 35.2 Å². The Bertz CT molecular complexity index is 1650. The van der Waals surface area contributed by atoms with E-state index in [1.807, 2.05) is 37.3 Å². The molecule has 3 aromatic carbocycles. The third kappa shape index (κ3) is 5.57.